The predicted octanol–water partition coefficient (Wildman–Crippen LogP) is 4.05. The molecule has 0 aliphatic carbocycles. The Morgan fingerprint density at radius 2 is 2.06 bits per heavy atom. The molecule has 0 radical (unpaired) electrons. The zero-order valence-corrected chi connectivity index (χ0v) is 11.9. The lowest BCUT2D eigenvalue weighted by Gasteiger charge is -2.20. The van der Waals surface area contributed by atoms with E-state index in [1.165, 1.54) is 18.4 Å². The first kappa shape index (κ1) is 12.6. The fourth-order valence-electron chi connectivity index (χ4n) is 2.40. The average molecular weight is 296 g/mol. The standard InChI is InChI=1S/C14H18BrNO/c1-3-9(4-2)14(15)10-5-6-12-11(7-10)8-13(17)16-12/h5-7,9,14H,3-4,8H2,1-2H3,(H,16,17). The molecule has 1 amide bonds. The smallest absolute Gasteiger partial charge is 0.228 e. The fourth-order valence-corrected chi connectivity index (χ4v) is 3.43. The molecule has 1 aromatic carbocycles. The van der Waals surface area contributed by atoms with E-state index in [-0.39, 0.29) is 5.91 Å². The van der Waals surface area contributed by atoms with Crippen LogP contribution in [0.5, 0.6) is 0 Å². The van der Waals surface area contributed by atoms with E-state index in [4.69, 9.17) is 0 Å². The Morgan fingerprint density at radius 3 is 2.71 bits per heavy atom. The second-order valence-corrected chi connectivity index (χ2v) is 5.61. The lowest BCUT2D eigenvalue weighted by Crippen LogP contribution is -2.05. The number of halogens is 1. The van der Waals surface area contributed by atoms with Crippen LogP contribution in [0.15, 0.2) is 18.2 Å². The molecule has 0 spiro atoms. The van der Waals surface area contributed by atoms with Gasteiger partial charge in [0.1, 0.15) is 0 Å². The lowest BCUT2D eigenvalue weighted by atomic mass is 9.93. The molecule has 1 aromatic rings. The van der Waals surface area contributed by atoms with Crippen LogP contribution in [0.4, 0.5) is 5.69 Å². The Kier molecular flexibility index (Phi) is 3.87. The highest BCUT2D eigenvalue weighted by Gasteiger charge is 2.22. The molecule has 92 valence electrons. The topological polar surface area (TPSA) is 29.1 Å². The molecule has 2 rings (SSSR count). The number of carbonyl (C=O) groups excluding carboxylic acids is 1. The summed E-state index contributed by atoms with van der Waals surface area (Å²) >= 11 is 3.79. The number of nitrogens with one attached hydrogen (secondary N) is 1. The number of anilines is 1. The molecule has 0 fully saturated rings. The van der Waals surface area contributed by atoms with Gasteiger partial charge < -0.3 is 5.32 Å². The molecule has 0 bridgehead atoms. The minimum Gasteiger partial charge on any atom is -0.326 e. The largest absolute Gasteiger partial charge is 0.326 e. The summed E-state index contributed by atoms with van der Waals surface area (Å²) in [5, 5.41) is 2.87. The maximum absolute atomic E-state index is 11.3. The quantitative estimate of drug-likeness (QED) is 0.834. The van der Waals surface area contributed by atoms with Crippen LogP contribution in [0, 0.1) is 5.92 Å². The van der Waals surface area contributed by atoms with Gasteiger partial charge in [0.15, 0.2) is 0 Å². The van der Waals surface area contributed by atoms with Crippen LogP contribution >= 0.6 is 15.9 Å². The second-order valence-electron chi connectivity index (χ2n) is 4.62. The second kappa shape index (κ2) is 5.21. The summed E-state index contributed by atoms with van der Waals surface area (Å²) < 4.78 is 0. The van der Waals surface area contributed by atoms with Crippen molar-refractivity contribution in [2.24, 2.45) is 5.92 Å². The van der Waals surface area contributed by atoms with Gasteiger partial charge >= 0.3 is 0 Å². The van der Waals surface area contributed by atoms with Crippen molar-refractivity contribution in [1.82, 2.24) is 0 Å². The van der Waals surface area contributed by atoms with Crippen LogP contribution in [0.2, 0.25) is 0 Å². The van der Waals surface area contributed by atoms with Gasteiger partial charge in [-0.25, -0.2) is 0 Å². The Bertz CT molecular complexity index is 426. The number of hydrogen-bond donors (Lipinski definition) is 1. The first-order chi connectivity index (χ1) is 8.15. The van der Waals surface area contributed by atoms with Crippen LogP contribution in [-0.4, -0.2) is 5.91 Å². The van der Waals surface area contributed by atoms with Gasteiger partial charge in [0, 0.05) is 10.5 Å². The van der Waals surface area contributed by atoms with Crippen molar-refractivity contribution in [2.75, 3.05) is 5.32 Å². The Labute approximate surface area is 111 Å². The van der Waals surface area contributed by atoms with Crippen LogP contribution in [0.3, 0.4) is 0 Å². The molecule has 1 aliphatic rings. The normalized spacial score (nSPS) is 15.9. The van der Waals surface area contributed by atoms with Gasteiger partial charge in [0.05, 0.1) is 6.42 Å². The van der Waals surface area contributed by atoms with E-state index >= 15 is 0 Å². The molecule has 0 saturated carbocycles. The van der Waals surface area contributed by atoms with Crippen molar-refractivity contribution < 1.29 is 4.79 Å². The molecule has 1 heterocycles. The van der Waals surface area contributed by atoms with Gasteiger partial charge in [-0.15, -0.1) is 0 Å². The van der Waals surface area contributed by atoms with Gasteiger partial charge in [-0.05, 0) is 23.1 Å². The number of carbonyl (C=O) groups is 1. The highest BCUT2D eigenvalue weighted by Crippen LogP contribution is 2.37. The van der Waals surface area contributed by atoms with Crippen molar-refractivity contribution in [3.05, 3.63) is 29.3 Å². The average Bonchev–Trinajstić information content (AvgIpc) is 2.69. The van der Waals surface area contributed by atoms with Crippen LogP contribution in [0.25, 0.3) is 0 Å². The molecule has 2 nitrogen and oxygen atoms in total. The van der Waals surface area contributed by atoms with Gasteiger partial charge in [-0.1, -0.05) is 54.8 Å². The third-order valence-electron chi connectivity index (χ3n) is 3.54. The number of benzene rings is 1. The SMILES string of the molecule is CCC(CC)C(Br)c1ccc2c(c1)CC(=O)N2. The van der Waals surface area contributed by atoms with Crippen molar-refractivity contribution in [2.45, 2.75) is 37.9 Å². The van der Waals surface area contributed by atoms with Gasteiger partial charge in [0.2, 0.25) is 5.91 Å². The van der Waals surface area contributed by atoms with Crippen molar-refractivity contribution in [3.8, 4) is 0 Å². The Hall–Kier alpha value is -0.830. The van der Waals surface area contributed by atoms with E-state index in [1.54, 1.807) is 0 Å². The number of rotatable bonds is 4. The zero-order chi connectivity index (χ0) is 12.4. The summed E-state index contributed by atoms with van der Waals surface area (Å²) in [7, 11) is 0. The van der Waals surface area contributed by atoms with Gasteiger partial charge in [-0.3, -0.25) is 4.79 Å². The lowest BCUT2D eigenvalue weighted by molar-refractivity contribution is -0.115. The molecule has 1 N–H and O–H groups in total. The van der Waals surface area contributed by atoms with E-state index in [0.717, 1.165) is 11.3 Å². The molecule has 0 aromatic heterocycles. The molecule has 1 aliphatic heterocycles. The highest BCUT2D eigenvalue weighted by atomic mass is 79.9. The first-order valence-electron chi connectivity index (χ1n) is 6.22. The summed E-state index contributed by atoms with van der Waals surface area (Å²) in [6.45, 7) is 4.45. The van der Waals surface area contributed by atoms with Crippen molar-refractivity contribution in [1.29, 1.82) is 0 Å². The minimum atomic E-state index is 0.103. The van der Waals surface area contributed by atoms with Crippen molar-refractivity contribution in [3.63, 3.8) is 0 Å². The number of fused-ring (bicyclic) bond motifs is 1. The summed E-state index contributed by atoms with van der Waals surface area (Å²) in [4.78, 5) is 11.7. The number of amides is 1. The van der Waals surface area contributed by atoms with E-state index < -0.39 is 0 Å². The Balaban J connectivity index is 2.23. The van der Waals surface area contributed by atoms with Gasteiger partial charge in [0.25, 0.3) is 0 Å². The molecule has 1 unspecified atom stereocenters. The maximum Gasteiger partial charge on any atom is 0.228 e. The van der Waals surface area contributed by atoms with E-state index in [9.17, 15) is 4.79 Å². The van der Waals surface area contributed by atoms with Crippen LogP contribution in [-0.2, 0) is 11.2 Å². The third-order valence-corrected chi connectivity index (χ3v) is 4.81. The number of hydrogen-bond acceptors (Lipinski definition) is 1. The summed E-state index contributed by atoms with van der Waals surface area (Å²) in [6, 6.07) is 6.29. The van der Waals surface area contributed by atoms with Crippen molar-refractivity contribution >= 4 is 27.5 Å². The third kappa shape index (κ3) is 2.54. The summed E-state index contributed by atoms with van der Waals surface area (Å²) in [5.41, 5.74) is 3.39. The first-order valence-corrected chi connectivity index (χ1v) is 7.14. The summed E-state index contributed by atoms with van der Waals surface area (Å²) in [5.74, 6) is 0.754. The molecule has 1 atom stereocenters. The fraction of sp³-hybridized carbons (Fsp3) is 0.500. The highest BCUT2D eigenvalue weighted by molar-refractivity contribution is 9.09. The molecular weight excluding hydrogens is 278 g/mol. The predicted molar refractivity (Wildman–Crippen MR) is 74.5 cm³/mol. The molecule has 0 saturated heterocycles. The van der Waals surface area contributed by atoms with Gasteiger partial charge in [-0.2, -0.15) is 0 Å². The van der Waals surface area contributed by atoms with E-state index in [2.05, 4.69) is 47.2 Å². The maximum atomic E-state index is 11.3. The minimum absolute atomic E-state index is 0.103. The molecular formula is C14H18BrNO. The summed E-state index contributed by atoms with van der Waals surface area (Å²) in [6.07, 6.45) is 2.85. The monoisotopic (exact) mass is 295 g/mol. The molecule has 17 heavy (non-hydrogen) atoms. The Morgan fingerprint density at radius 1 is 1.35 bits per heavy atom. The van der Waals surface area contributed by atoms with Crippen LogP contribution in [0.1, 0.15) is 42.6 Å². The molecule has 3 heteroatoms. The van der Waals surface area contributed by atoms with E-state index in [0.29, 0.717) is 17.2 Å². The number of alkyl halides is 1. The van der Waals surface area contributed by atoms with Crippen LogP contribution < -0.4 is 5.32 Å². The zero-order valence-electron chi connectivity index (χ0n) is 10.3. The van der Waals surface area contributed by atoms with E-state index in [1.807, 2.05) is 6.07 Å².